The molecule has 0 aliphatic rings. The van der Waals surface area contributed by atoms with E-state index in [1.165, 1.54) is 0 Å². The Morgan fingerprint density at radius 2 is 1.80 bits per heavy atom. The molecule has 0 amide bonds. The van der Waals surface area contributed by atoms with Gasteiger partial charge in [-0.05, 0) is 48.9 Å². The first kappa shape index (κ1) is 16.6. The lowest BCUT2D eigenvalue weighted by molar-refractivity contribution is -0.132. The van der Waals surface area contributed by atoms with Crippen LogP contribution in [0.15, 0.2) is 52.5 Å². The molecule has 0 bridgehead atoms. The fraction of sp³-hybridized carbons (Fsp3) is 0.150. The van der Waals surface area contributed by atoms with E-state index in [0.29, 0.717) is 22.8 Å². The van der Waals surface area contributed by atoms with Crippen LogP contribution in [0.25, 0.3) is 28.4 Å². The summed E-state index contributed by atoms with van der Waals surface area (Å²) in [7, 11) is 3.16. The molecule has 3 rings (SSSR count). The molecule has 0 radical (unpaired) electrons. The van der Waals surface area contributed by atoms with Gasteiger partial charge in [-0.2, -0.15) is 0 Å². The Bertz CT molecular complexity index is 965. The van der Waals surface area contributed by atoms with Crippen molar-refractivity contribution in [2.24, 2.45) is 0 Å². The minimum Gasteiger partial charge on any atom is -0.496 e. The van der Waals surface area contributed by atoms with Crippen molar-refractivity contribution >= 4 is 23.0 Å². The van der Waals surface area contributed by atoms with E-state index in [1.807, 2.05) is 36.4 Å². The predicted molar refractivity (Wildman–Crippen MR) is 96.0 cm³/mol. The standard InChI is InChI=1S/C20H18O5/c1-12(20(21)22)8-13-9-14-11-17(25-19(14)18(10-13)24-3)15-6-4-5-7-16(15)23-2/h4-11H,1-3H3,(H,21,22). The number of hydrogen-bond acceptors (Lipinski definition) is 4. The summed E-state index contributed by atoms with van der Waals surface area (Å²) in [6.07, 6.45) is 1.60. The summed E-state index contributed by atoms with van der Waals surface area (Å²) < 4.78 is 16.8. The van der Waals surface area contributed by atoms with E-state index < -0.39 is 5.97 Å². The van der Waals surface area contributed by atoms with Gasteiger partial charge in [0, 0.05) is 11.0 Å². The summed E-state index contributed by atoms with van der Waals surface area (Å²) in [5, 5.41) is 9.89. The molecule has 0 atom stereocenters. The van der Waals surface area contributed by atoms with Crippen LogP contribution in [0.5, 0.6) is 11.5 Å². The molecule has 5 heteroatoms. The Morgan fingerprint density at radius 1 is 1.08 bits per heavy atom. The largest absolute Gasteiger partial charge is 0.496 e. The number of fused-ring (bicyclic) bond motifs is 1. The Labute approximate surface area is 145 Å². The fourth-order valence-corrected chi connectivity index (χ4v) is 2.67. The summed E-state index contributed by atoms with van der Waals surface area (Å²) in [5.41, 5.74) is 2.42. The fourth-order valence-electron chi connectivity index (χ4n) is 2.67. The van der Waals surface area contributed by atoms with Crippen LogP contribution in [0, 0.1) is 0 Å². The van der Waals surface area contributed by atoms with Crippen LogP contribution in [0.1, 0.15) is 12.5 Å². The van der Waals surface area contributed by atoms with Crippen LogP contribution in [0.3, 0.4) is 0 Å². The minimum atomic E-state index is -0.957. The average Bonchev–Trinajstić information content (AvgIpc) is 3.04. The van der Waals surface area contributed by atoms with Gasteiger partial charge in [-0.15, -0.1) is 0 Å². The third kappa shape index (κ3) is 3.21. The molecule has 0 aliphatic carbocycles. The number of hydrogen-bond donors (Lipinski definition) is 1. The normalized spacial score (nSPS) is 11.6. The van der Waals surface area contributed by atoms with E-state index in [1.54, 1.807) is 33.3 Å². The lowest BCUT2D eigenvalue weighted by Crippen LogP contribution is -1.95. The summed E-state index contributed by atoms with van der Waals surface area (Å²) >= 11 is 0. The first-order chi connectivity index (χ1) is 12.0. The van der Waals surface area contributed by atoms with Crippen LogP contribution >= 0.6 is 0 Å². The second-order valence-corrected chi connectivity index (χ2v) is 5.58. The molecule has 1 aromatic heterocycles. The quantitative estimate of drug-likeness (QED) is 0.688. The molecule has 0 fully saturated rings. The topological polar surface area (TPSA) is 68.9 Å². The first-order valence-corrected chi connectivity index (χ1v) is 7.70. The lowest BCUT2D eigenvalue weighted by Gasteiger charge is -2.05. The van der Waals surface area contributed by atoms with Gasteiger partial charge in [-0.25, -0.2) is 4.79 Å². The Morgan fingerprint density at radius 3 is 2.48 bits per heavy atom. The van der Waals surface area contributed by atoms with Crippen molar-refractivity contribution in [3.8, 4) is 22.8 Å². The number of furan rings is 1. The van der Waals surface area contributed by atoms with Crippen LogP contribution in [0.2, 0.25) is 0 Å². The molecule has 1 N–H and O–H groups in total. The maximum atomic E-state index is 11.0. The number of ether oxygens (including phenoxy) is 2. The van der Waals surface area contributed by atoms with E-state index in [4.69, 9.17) is 19.0 Å². The molecule has 5 nitrogen and oxygen atoms in total. The average molecular weight is 338 g/mol. The third-order valence-corrected chi connectivity index (χ3v) is 3.92. The summed E-state index contributed by atoms with van der Waals surface area (Å²) in [6, 6.07) is 13.1. The lowest BCUT2D eigenvalue weighted by atomic mass is 10.1. The molecule has 0 saturated carbocycles. The third-order valence-electron chi connectivity index (χ3n) is 3.92. The number of methoxy groups -OCH3 is 2. The molecule has 3 aromatic rings. The number of carbonyl (C=O) groups is 1. The highest BCUT2D eigenvalue weighted by atomic mass is 16.5. The van der Waals surface area contributed by atoms with Gasteiger partial charge in [0.15, 0.2) is 11.3 Å². The molecule has 0 spiro atoms. The molecule has 0 saturated heterocycles. The van der Waals surface area contributed by atoms with E-state index in [0.717, 1.165) is 16.5 Å². The minimum absolute atomic E-state index is 0.245. The van der Waals surface area contributed by atoms with Crippen molar-refractivity contribution in [2.75, 3.05) is 14.2 Å². The SMILES string of the molecule is COc1ccccc1-c1cc2cc(C=C(C)C(=O)O)cc(OC)c2o1. The number of carboxylic acid groups (broad SMARTS) is 1. The zero-order chi connectivity index (χ0) is 18.0. The molecule has 1 heterocycles. The summed E-state index contributed by atoms with van der Waals surface area (Å²) in [6.45, 7) is 1.55. The van der Waals surface area contributed by atoms with Crippen molar-refractivity contribution in [1.82, 2.24) is 0 Å². The maximum absolute atomic E-state index is 11.0. The van der Waals surface area contributed by atoms with Crippen molar-refractivity contribution in [3.05, 3.63) is 53.6 Å². The second-order valence-electron chi connectivity index (χ2n) is 5.58. The number of rotatable bonds is 5. The molecule has 128 valence electrons. The van der Waals surface area contributed by atoms with Crippen molar-refractivity contribution < 1.29 is 23.8 Å². The van der Waals surface area contributed by atoms with Gasteiger partial charge in [-0.3, -0.25) is 0 Å². The van der Waals surface area contributed by atoms with Crippen molar-refractivity contribution in [1.29, 1.82) is 0 Å². The number of aliphatic carboxylic acids is 1. The monoisotopic (exact) mass is 338 g/mol. The van der Waals surface area contributed by atoms with Crippen LogP contribution in [0.4, 0.5) is 0 Å². The highest BCUT2D eigenvalue weighted by molar-refractivity contribution is 5.94. The number of benzene rings is 2. The van der Waals surface area contributed by atoms with Gasteiger partial charge < -0.3 is 19.0 Å². The molecule has 25 heavy (non-hydrogen) atoms. The van der Waals surface area contributed by atoms with Crippen molar-refractivity contribution in [2.45, 2.75) is 6.92 Å². The molecule has 0 aliphatic heterocycles. The van der Waals surface area contributed by atoms with Gasteiger partial charge in [0.05, 0.1) is 19.8 Å². The van der Waals surface area contributed by atoms with Gasteiger partial charge in [0.2, 0.25) is 0 Å². The van der Waals surface area contributed by atoms with Crippen LogP contribution < -0.4 is 9.47 Å². The first-order valence-electron chi connectivity index (χ1n) is 7.70. The van der Waals surface area contributed by atoms with Gasteiger partial charge in [-0.1, -0.05) is 12.1 Å². The number of para-hydroxylation sites is 1. The molecule has 0 unspecified atom stereocenters. The Kier molecular flexibility index (Phi) is 4.48. The molecule has 2 aromatic carbocycles. The number of carboxylic acids is 1. The zero-order valence-electron chi connectivity index (χ0n) is 14.2. The van der Waals surface area contributed by atoms with Gasteiger partial charge in [0.1, 0.15) is 11.5 Å². The summed E-state index contributed by atoms with van der Waals surface area (Å²) in [5.74, 6) is 0.952. The highest BCUT2D eigenvalue weighted by Crippen LogP contribution is 2.38. The van der Waals surface area contributed by atoms with Crippen LogP contribution in [-0.4, -0.2) is 25.3 Å². The highest BCUT2D eigenvalue weighted by Gasteiger charge is 2.15. The van der Waals surface area contributed by atoms with Gasteiger partial charge in [0.25, 0.3) is 0 Å². The molecular weight excluding hydrogens is 320 g/mol. The Balaban J connectivity index is 2.17. The zero-order valence-corrected chi connectivity index (χ0v) is 14.2. The van der Waals surface area contributed by atoms with E-state index in [2.05, 4.69) is 0 Å². The smallest absolute Gasteiger partial charge is 0.331 e. The van der Waals surface area contributed by atoms with Crippen LogP contribution in [-0.2, 0) is 4.79 Å². The van der Waals surface area contributed by atoms with Gasteiger partial charge >= 0.3 is 5.97 Å². The predicted octanol–water partition coefficient (Wildman–Crippen LogP) is 4.60. The van der Waals surface area contributed by atoms with E-state index in [9.17, 15) is 4.79 Å². The molecular formula is C20H18O5. The second kappa shape index (κ2) is 6.73. The Hall–Kier alpha value is -3.21. The maximum Gasteiger partial charge on any atom is 0.331 e. The van der Waals surface area contributed by atoms with E-state index >= 15 is 0 Å². The van der Waals surface area contributed by atoms with E-state index in [-0.39, 0.29) is 5.57 Å². The van der Waals surface area contributed by atoms with Crippen molar-refractivity contribution in [3.63, 3.8) is 0 Å². The summed E-state index contributed by atoms with van der Waals surface area (Å²) in [4.78, 5) is 11.0.